The average Bonchev–Trinajstić information content (AvgIpc) is 2.88. The van der Waals surface area contributed by atoms with Crippen LogP contribution < -0.4 is 11.1 Å². The number of carbonyl (C=O) groups is 1. The molecule has 1 unspecified atom stereocenters. The summed E-state index contributed by atoms with van der Waals surface area (Å²) < 4.78 is 0. The fraction of sp³-hybridized carbons (Fsp3) is 0.286. The molecule has 3 N–H and O–H groups in total. The van der Waals surface area contributed by atoms with Crippen molar-refractivity contribution in [2.45, 2.75) is 25.9 Å². The van der Waals surface area contributed by atoms with E-state index in [-0.39, 0.29) is 11.9 Å². The van der Waals surface area contributed by atoms with Gasteiger partial charge >= 0.3 is 0 Å². The molecule has 2 rings (SSSR count). The van der Waals surface area contributed by atoms with Gasteiger partial charge in [-0.2, -0.15) is 0 Å². The number of nitrogens with one attached hydrogen (secondary N) is 1. The van der Waals surface area contributed by atoms with Gasteiger partial charge in [0.15, 0.2) is 0 Å². The lowest BCUT2D eigenvalue weighted by molar-refractivity contribution is 0.0935. The molecule has 0 saturated heterocycles. The standard InChI is InChI=1S/C14H17N3OS/c1-10(7-11-5-3-2-4-6-11)16-14(18)12-9-19-13(8-15)17-12/h2-6,9-10H,7-8,15H2,1H3,(H,16,18). The van der Waals surface area contributed by atoms with Crippen molar-refractivity contribution >= 4 is 17.2 Å². The molecule has 1 aromatic heterocycles. The van der Waals surface area contributed by atoms with E-state index in [2.05, 4.69) is 22.4 Å². The molecule has 0 spiro atoms. The number of carbonyl (C=O) groups excluding carboxylic acids is 1. The maximum Gasteiger partial charge on any atom is 0.270 e. The van der Waals surface area contributed by atoms with Crippen LogP contribution in [0.3, 0.4) is 0 Å². The molecule has 0 fully saturated rings. The molecule has 1 amide bonds. The normalized spacial score (nSPS) is 12.1. The lowest BCUT2D eigenvalue weighted by Crippen LogP contribution is -2.34. The van der Waals surface area contributed by atoms with E-state index in [4.69, 9.17) is 5.73 Å². The summed E-state index contributed by atoms with van der Waals surface area (Å²) >= 11 is 1.41. The van der Waals surface area contributed by atoms with Crippen LogP contribution in [0.5, 0.6) is 0 Å². The van der Waals surface area contributed by atoms with Crippen molar-refractivity contribution in [2.24, 2.45) is 5.73 Å². The molecule has 0 aliphatic rings. The van der Waals surface area contributed by atoms with Crippen LogP contribution in [0.25, 0.3) is 0 Å². The molecule has 0 aliphatic carbocycles. The Hall–Kier alpha value is -1.72. The molecule has 100 valence electrons. The number of rotatable bonds is 5. The molecule has 0 bridgehead atoms. The van der Waals surface area contributed by atoms with E-state index in [0.29, 0.717) is 12.2 Å². The van der Waals surface area contributed by atoms with Gasteiger partial charge in [-0.05, 0) is 18.9 Å². The second kappa shape index (κ2) is 6.45. The van der Waals surface area contributed by atoms with Gasteiger partial charge in [0.05, 0.1) is 0 Å². The minimum Gasteiger partial charge on any atom is -0.348 e. The van der Waals surface area contributed by atoms with E-state index in [1.807, 2.05) is 25.1 Å². The van der Waals surface area contributed by atoms with Crippen molar-refractivity contribution in [1.82, 2.24) is 10.3 Å². The van der Waals surface area contributed by atoms with Gasteiger partial charge in [-0.25, -0.2) is 4.98 Å². The zero-order chi connectivity index (χ0) is 13.7. The Kier molecular flexibility index (Phi) is 4.65. The molecule has 5 heteroatoms. The van der Waals surface area contributed by atoms with E-state index in [1.54, 1.807) is 5.38 Å². The number of nitrogens with two attached hydrogens (primary N) is 1. The number of aromatic nitrogens is 1. The summed E-state index contributed by atoms with van der Waals surface area (Å²) in [5, 5.41) is 5.47. The van der Waals surface area contributed by atoms with Crippen LogP contribution >= 0.6 is 11.3 Å². The van der Waals surface area contributed by atoms with Gasteiger partial charge in [-0.1, -0.05) is 30.3 Å². The average molecular weight is 275 g/mol. The van der Waals surface area contributed by atoms with Crippen LogP contribution in [0.2, 0.25) is 0 Å². The van der Waals surface area contributed by atoms with E-state index >= 15 is 0 Å². The Balaban J connectivity index is 1.91. The van der Waals surface area contributed by atoms with Gasteiger partial charge in [0.2, 0.25) is 0 Å². The number of amides is 1. The Morgan fingerprint density at radius 2 is 2.16 bits per heavy atom. The lowest BCUT2D eigenvalue weighted by atomic mass is 10.1. The van der Waals surface area contributed by atoms with Crippen LogP contribution in [0, 0.1) is 0 Å². The van der Waals surface area contributed by atoms with Crippen LogP contribution in [0.4, 0.5) is 0 Å². The van der Waals surface area contributed by atoms with E-state index < -0.39 is 0 Å². The predicted octanol–water partition coefficient (Wildman–Crippen LogP) is 1.96. The highest BCUT2D eigenvalue weighted by Crippen LogP contribution is 2.09. The summed E-state index contributed by atoms with van der Waals surface area (Å²) in [6.45, 7) is 2.36. The second-order valence-electron chi connectivity index (χ2n) is 4.39. The van der Waals surface area contributed by atoms with Crippen LogP contribution in [0.1, 0.15) is 28.0 Å². The summed E-state index contributed by atoms with van der Waals surface area (Å²) in [5.74, 6) is -0.139. The van der Waals surface area contributed by atoms with Gasteiger partial charge in [0, 0.05) is 18.0 Å². The molecular weight excluding hydrogens is 258 g/mol. The van der Waals surface area contributed by atoms with Crippen LogP contribution in [-0.2, 0) is 13.0 Å². The first-order chi connectivity index (χ1) is 9.19. The summed E-state index contributed by atoms with van der Waals surface area (Å²) in [6, 6.07) is 10.2. The largest absolute Gasteiger partial charge is 0.348 e. The number of thiazole rings is 1. The molecule has 19 heavy (non-hydrogen) atoms. The van der Waals surface area contributed by atoms with Gasteiger partial charge in [0.25, 0.3) is 5.91 Å². The topological polar surface area (TPSA) is 68.0 Å². The van der Waals surface area contributed by atoms with Crippen molar-refractivity contribution in [3.8, 4) is 0 Å². The van der Waals surface area contributed by atoms with Crippen molar-refractivity contribution in [3.05, 3.63) is 52.0 Å². The summed E-state index contributed by atoms with van der Waals surface area (Å²) in [5.41, 5.74) is 7.14. The molecule has 2 aromatic rings. The number of hydrogen-bond acceptors (Lipinski definition) is 4. The number of benzene rings is 1. The van der Waals surface area contributed by atoms with E-state index in [0.717, 1.165) is 11.4 Å². The van der Waals surface area contributed by atoms with Crippen molar-refractivity contribution in [2.75, 3.05) is 0 Å². The van der Waals surface area contributed by atoms with Crippen LogP contribution in [-0.4, -0.2) is 16.9 Å². The molecular formula is C14H17N3OS. The Morgan fingerprint density at radius 1 is 1.42 bits per heavy atom. The maximum atomic E-state index is 12.0. The molecule has 1 atom stereocenters. The van der Waals surface area contributed by atoms with Crippen molar-refractivity contribution < 1.29 is 4.79 Å². The smallest absolute Gasteiger partial charge is 0.270 e. The first-order valence-electron chi connectivity index (χ1n) is 6.18. The molecule has 1 aromatic carbocycles. The Morgan fingerprint density at radius 3 is 2.79 bits per heavy atom. The molecule has 4 nitrogen and oxygen atoms in total. The Bertz CT molecular complexity index is 539. The third kappa shape index (κ3) is 3.87. The molecule has 0 aliphatic heterocycles. The maximum absolute atomic E-state index is 12.0. The predicted molar refractivity (Wildman–Crippen MR) is 77.1 cm³/mol. The van der Waals surface area contributed by atoms with Gasteiger partial charge in [0.1, 0.15) is 10.7 Å². The van der Waals surface area contributed by atoms with Gasteiger partial charge in [-0.15, -0.1) is 11.3 Å². The highest BCUT2D eigenvalue weighted by molar-refractivity contribution is 7.09. The number of nitrogens with zero attached hydrogens (tertiary/aromatic N) is 1. The highest BCUT2D eigenvalue weighted by Gasteiger charge is 2.13. The number of hydrogen-bond donors (Lipinski definition) is 2. The van der Waals surface area contributed by atoms with Crippen molar-refractivity contribution in [1.29, 1.82) is 0 Å². The molecule has 0 radical (unpaired) electrons. The zero-order valence-corrected chi connectivity index (χ0v) is 11.6. The third-order valence-electron chi connectivity index (χ3n) is 2.72. The first-order valence-corrected chi connectivity index (χ1v) is 7.06. The molecule has 1 heterocycles. The summed E-state index contributed by atoms with van der Waals surface area (Å²) in [4.78, 5) is 16.1. The third-order valence-corrected chi connectivity index (χ3v) is 3.59. The fourth-order valence-electron chi connectivity index (χ4n) is 1.83. The minimum atomic E-state index is -0.139. The summed E-state index contributed by atoms with van der Waals surface area (Å²) in [7, 11) is 0. The Labute approximate surface area is 116 Å². The van der Waals surface area contributed by atoms with Gasteiger partial charge < -0.3 is 11.1 Å². The SMILES string of the molecule is CC(Cc1ccccc1)NC(=O)c1csc(CN)n1. The zero-order valence-electron chi connectivity index (χ0n) is 10.8. The quantitative estimate of drug-likeness (QED) is 0.876. The summed E-state index contributed by atoms with van der Waals surface area (Å²) in [6.07, 6.45) is 0.806. The fourth-order valence-corrected chi connectivity index (χ4v) is 2.48. The second-order valence-corrected chi connectivity index (χ2v) is 5.34. The monoisotopic (exact) mass is 275 g/mol. The first kappa shape index (κ1) is 13.7. The highest BCUT2D eigenvalue weighted by atomic mass is 32.1. The minimum absolute atomic E-state index is 0.0675. The lowest BCUT2D eigenvalue weighted by Gasteiger charge is -2.12. The van der Waals surface area contributed by atoms with E-state index in [9.17, 15) is 4.79 Å². The van der Waals surface area contributed by atoms with E-state index in [1.165, 1.54) is 16.9 Å². The van der Waals surface area contributed by atoms with Gasteiger partial charge in [-0.3, -0.25) is 4.79 Å². The molecule has 0 saturated carbocycles. The van der Waals surface area contributed by atoms with Crippen molar-refractivity contribution in [3.63, 3.8) is 0 Å². The van der Waals surface area contributed by atoms with Crippen LogP contribution in [0.15, 0.2) is 35.7 Å².